The van der Waals surface area contributed by atoms with Crippen molar-refractivity contribution < 1.29 is 0 Å². The number of nitrogens with zero attached hydrogens (tertiary/aromatic N) is 2. The Morgan fingerprint density at radius 1 is 0.913 bits per heavy atom. The molecule has 0 amide bonds. The van der Waals surface area contributed by atoms with Crippen LogP contribution in [0.1, 0.15) is 71.1 Å². The Morgan fingerprint density at radius 3 is 1.87 bits per heavy atom. The summed E-state index contributed by atoms with van der Waals surface area (Å²) in [4.78, 5) is 0. The van der Waals surface area contributed by atoms with Gasteiger partial charge in [-0.15, -0.1) is 15.3 Å². The summed E-state index contributed by atoms with van der Waals surface area (Å²) < 4.78 is 5.45. The smallest absolute Gasteiger partial charge is 0.209 e. The Bertz CT molecular complexity index is 316. The minimum atomic E-state index is -1.47. The number of hydrogen-bond acceptors (Lipinski definition) is 3. The average molecular weight is 501 g/mol. The molecular weight excluding hydrogens is 474 g/mol. The topological polar surface area (TPSA) is 15.6 Å². The van der Waals surface area contributed by atoms with Gasteiger partial charge in [0.1, 0.15) is 6.27 Å². The normalized spacial score (nSPS) is 14.8. The molecule has 140 valence electrons. The van der Waals surface area contributed by atoms with Gasteiger partial charge in [0.15, 0.2) is 6.78 Å². The SMILES string of the molecule is CCCCCCCCCCCCS/[PH](Cl)=N/P(Cl)N(Cl)P(Cl)Cl. The fourth-order valence-corrected chi connectivity index (χ4v) is 11.9. The van der Waals surface area contributed by atoms with Crippen molar-refractivity contribution in [1.82, 2.24) is 3.96 Å². The molecule has 0 aliphatic rings. The molecule has 2 nitrogen and oxygen atoms in total. The number of rotatable bonds is 15. The van der Waals surface area contributed by atoms with Crippen LogP contribution in [-0.2, 0) is 0 Å². The molecule has 2 atom stereocenters. The van der Waals surface area contributed by atoms with E-state index in [9.17, 15) is 0 Å². The zero-order valence-electron chi connectivity index (χ0n) is 13.4. The van der Waals surface area contributed by atoms with Crippen LogP contribution in [0.5, 0.6) is 0 Å². The molecule has 0 aromatic heterocycles. The van der Waals surface area contributed by atoms with E-state index in [1.165, 1.54) is 68.2 Å². The van der Waals surface area contributed by atoms with Crippen LogP contribution in [0.3, 0.4) is 0 Å². The molecule has 0 aromatic carbocycles. The summed E-state index contributed by atoms with van der Waals surface area (Å²) in [5.41, 5.74) is 0. The third-order valence-electron chi connectivity index (χ3n) is 3.14. The lowest BCUT2D eigenvalue weighted by Crippen LogP contribution is -1.84. The maximum absolute atomic E-state index is 6.21. The van der Waals surface area contributed by atoms with Gasteiger partial charge < -0.3 is 0 Å². The van der Waals surface area contributed by atoms with Crippen molar-refractivity contribution in [2.75, 3.05) is 5.75 Å². The Labute approximate surface area is 173 Å². The Kier molecular flexibility index (Phi) is 20.5. The van der Waals surface area contributed by atoms with Gasteiger partial charge in [-0.1, -0.05) is 98.4 Å². The van der Waals surface area contributed by atoms with Crippen LogP contribution >= 0.6 is 88.7 Å². The predicted octanol–water partition coefficient (Wildman–Crippen LogP) is 10.7. The van der Waals surface area contributed by atoms with Crippen LogP contribution in [-0.4, -0.2) is 9.71 Å². The van der Waals surface area contributed by atoms with Gasteiger partial charge in [-0.25, -0.2) is 4.52 Å². The summed E-state index contributed by atoms with van der Waals surface area (Å²) in [7, 11) is -1.41. The minimum absolute atomic E-state index is 1.02. The molecule has 0 bridgehead atoms. The fraction of sp³-hybridized carbons (Fsp3) is 1.00. The minimum Gasteiger partial charge on any atom is -0.224 e. The van der Waals surface area contributed by atoms with Gasteiger partial charge in [-0.3, -0.25) is 0 Å². The van der Waals surface area contributed by atoms with Gasteiger partial charge >= 0.3 is 0 Å². The molecule has 0 radical (unpaired) electrons. The van der Waals surface area contributed by atoms with Crippen LogP contribution in [0, 0.1) is 0 Å². The molecule has 0 aliphatic heterocycles. The van der Waals surface area contributed by atoms with Gasteiger partial charge in [0.25, 0.3) is 0 Å². The average Bonchev–Trinajstić information content (AvgIpc) is 2.51. The summed E-state index contributed by atoms with van der Waals surface area (Å²) in [5, 5.41) is 0. The van der Waals surface area contributed by atoms with Crippen molar-refractivity contribution >= 4 is 88.7 Å². The lowest BCUT2D eigenvalue weighted by Gasteiger charge is -2.15. The van der Waals surface area contributed by atoms with Crippen LogP contribution < -0.4 is 0 Å². The van der Waals surface area contributed by atoms with Crippen molar-refractivity contribution in [3.8, 4) is 0 Å². The Balaban J connectivity index is 3.50. The Morgan fingerprint density at radius 2 is 1.39 bits per heavy atom. The molecule has 0 saturated carbocycles. The van der Waals surface area contributed by atoms with E-state index in [1.807, 2.05) is 0 Å². The highest BCUT2D eigenvalue weighted by Gasteiger charge is 2.20. The van der Waals surface area contributed by atoms with Gasteiger partial charge in [0.2, 0.25) is 7.58 Å². The number of halogens is 5. The van der Waals surface area contributed by atoms with Crippen molar-refractivity contribution in [1.29, 1.82) is 0 Å². The first kappa shape index (κ1) is 25.9. The molecule has 0 spiro atoms. The van der Waals surface area contributed by atoms with E-state index in [1.54, 1.807) is 11.4 Å². The second-order valence-electron chi connectivity index (χ2n) is 5.08. The van der Waals surface area contributed by atoms with E-state index in [2.05, 4.69) is 11.4 Å². The Hall–Kier alpha value is 2.85. The molecule has 23 heavy (non-hydrogen) atoms. The molecule has 11 heteroatoms. The van der Waals surface area contributed by atoms with Crippen LogP contribution in [0.15, 0.2) is 4.52 Å². The van der Waals surface area contributed by atoms with Gasteiger partial charge in [0.05, 0.1) is 0 Å². The van der Waals surface area contributed by atoms with E-state index < -0.39 is 20.6 Å². The van der Waals surface area contributed by atoms with Crippen molar-refractivity contribution in [3.63, 3.8) is 0 Å². The van der Waals surface area contributed by atoms with E-state index in [-0.39, 0.29) is 0 Å². The highest BCUT2D eigenvalue weighted by Crippen LogP contribution is 2.70. The predicted molar refractivity (Wildman–Crippen MR) is 120 cm³/mol. The molecule has 0 heterocycles. The van der Waals surface area contributed by atoms with Gasteiger partial charge in [-0.2, -0.15) is 0 Å². The monoisotopic (exact) mass is 498 g/mol. The number of hydrogen-bond donors (Lipinski definition) is 0. The summed E-state index contributed by atoms with van der Waals surface area (Å²) in [5.74, 6) is 1.02. The van der Waals surface area contributed by atoms with E-state index >= 15 is 0 Å². The molecule has 0 rings (SSSR count). The summed E-state index contributed by atoms with van der Waals surface area (Å²) >= 11 is 31.1. The largest absolute Gasteiger partial charge is 0.224 e. The third kappa shape index (κ3) is 16.7. The first-order chi connectivity index (χ1) is 11.0. The third-order valence-corrected chi connectivity index (χ3v) is 15.0. The summed E-state index contributed by atoms with van der Waals surface area (Å²) in [6.45, 7) is 0.789. The molecular formula is C12H26Cl5N2P3S. The quantitative estimate of drug-likeness (QED) is 0.126. The number of unbranched alkanes of at least 4 members (excludes halogenated alkanes) is 9. The van der Waals surface area contributed by atoms with E-state index in [0.29, 0.717) is 0 Å². The zero-order valence-corrected chi connectivity index (χ0v) is 20.8. The van der Waals surface area contributed by atoms with Crippen molar-refractivity contribution in [2.45, 2.75) is 71.1 Å². The van der Waals surface area contributed by atoms with Crippen LogP contribution in [0.2, 0.25) is 0 Å². The fourth-order valence-electron chi connectivity index (χ4n) is 1.93. The van der Waals surface area contributed by atoms with E-state index in [4.69, 9.17) is 56.7 Å². The molecule has 2 unspecified atom stereocenters. The molecule has 0 aliphatic carbocycles. The molecule has 0 aromatic rings. The van der Waals surface area contributed by atoms with Crippen LogP contribution in [0.25, 0.3) is 0 Å². The zero-order chi connectivity index (χ0) is 17.5. The highest BCUT2D eigenvalue weighted by molar-refractivity contribution is 8.59. The van der Waals surface area contributed by atoms with Crippen LogP contribution in [0.4, 0.5) is 0 Å². The van der Waals surface area contributed by atoms with Crippen molar-refractivity contribution in [2.24, 2.45) is 4.52 Å². The lowest BCUT2D eigenvalue weighted by atomic mass is 10.1. The lowest BCUT2D eigenvalue weighted by molar-refractivity contribution is 0.563. The highest BCUT2D eigenvalue weighted by atomic mass is 35.9. The maximum atomic E-state index is 6.21. The van der Waals surface area contributed by atoms with Gasteiger partial charge in [-0.05, 0) is 35.2 Å². The summed E-state index contributed by atoms with van der Waals surface area (Å²) in [6.07, 6.45) is 12.0. The first-order valence-electron chi connectivity index (χ1n) is 7.89. The molecule has 0 N–H and O–H groups in total. The van der Waals surface area contributed by atoms with E-state index in [0.717, 1.165) is 5.75 Å². The first-order valence-corrected chi connectivity index (χ1v) is 17.7. The van der Waals surface area contributed by atoms with Crippen molar-refractivity contribution in [3.05, 3.63) is 0 Å². The molecule has 0 saturated heterocycles. The molecule has 0 fully saturated rings. The second kappa shape index (κ2) is 18.2. The standard InChI is InChI=1S/C12H26Cl5N2P3S/c1-2-3-4-5-6-7-8-9-10-11-12-23-22(17)18-21(16)19(13)20(14)15/h22H,2-12H2,1H3. The second-order valence-corrected chi connectivity index (χ2v) is 17.0. The van der Waals surface area contributed by atoms with Gasteiger partial charge in [0, 0.05) is 0 Å². The maximum Gasteiger partial charge on any atom is 0.209 e. The summed E-state index contributed by atoms with van der Waals surface area (Å²) in [6, 6.07) is 0.